The van der Waals surface area contributed by atoms with Gasteiger partial charge in [0, 0.05) is 23.6 Å². The zero-order valence-corrected chi connectivity index (χ0v) is 15.6. The Bertz CT molecular complexity index is 1100. The summed E-state index contributed by atoms with van der Waals surface area (Å²) in [5.41, 5.74) is 4.35. The van der Waals surface area contributed by atoms with Gasteiger partial charge in [0.25, 0.3) is 10.0 Å². The van der Waals surface area contributed by atoms with Gasteiger partial charge in [0.05, 0.1) is 4.90 Å². The summed E-state index contributed by atoms with van der Waals surface area (Å²) in [6.07, 6.45) is 0.994. The average molecular weight is 382 g/mol. The number of hydrogen-bond acceptors (Lipinski definition) is 3. The predicted octanol–water partition coefficient (Wildman–Crippen LogP) is 4.63. The van der Waals surface area contributed by atoms with Gasteiger partial charge < -0.3 is 4.90 Å². The van der Waals surface area contributed by atoms with Crippen LogP contribution < -0.4 is 9.62 Å². The minimum atomic E-state index is -3.77. The van der Waals surface area contributed by atoms with Crippen molar-refractivity contribution in [1.82, 2.24) is 0 Å². The third-order valence-corrected chi connectivity index (χ3v) is 6.29. The Labute approximate surface area is 158 Å². The molecule has 0 amide bonds. The standard InChI is InChI=1S/C21H19FN2O2S/c1-15-14-17(22)6-11-21(15)27(25,26)23-18-7-9-19(10-8-18)24-13-12-16-4-2-3-5-20(16)24/h2-11,14,23H,12-13H2,1H3. The van der Waals surface area contributed by atoms with Crippen molar-refractivity contribution in [1.29, 1.82) is 0 Å². The Hall–Kier alpha value is -2.86. The molecule has 0 aliphatic carbocycles. The molecule has 0 bridgehead atoms. The van der Waals surface area contributed by atoms with E-state index in [4.69, 9.17) is 0 Å². The van der Waals surface area contributed by atoms with Crippen molar-refractivity contribution in [3.63, 3.8) is 0 Å². The number of aryl methyl sites for hydroxylation is 1. The largest absolute Gasteiger partial charge is 0.341 e. The van der Waals surface area contributed by atoms with Crippen molar-refractivity contribution in [3.8, 4) is 0 Å². The average Bonchev–Trinajstić information content (AvgIpc) is 3.06. The van der Waals surface area contributed by atoms with Crippen LogP contribution in [0.1, 0.15) is 11.1 Å². The molecule has 0 saturated heterocycles. The van der Waals surface area contributed by atoms with E-state index in [2.05, 4.69) is 21.8 Å². The molecule has 0 radical (unpaired) electrons. The first-order valence-corrected chi connectivity index (χ1v) is 10.2. The Morgan fingerprint density at radius 1 is 1.00 bits per heavy atom. The number of para-hydroxylation sites is 1. The van der Waals surface area contributed by atoms with Crippen LogP contribution >= 0.6 is 0 Å². The second-order valence-electron chi connectivity index (χ2n) is 6.59. The molecule has 1 N–H and O–H groups in total. The summed E-state index contributed by atoms with van der Waals surface area (Å²) in [6, 6.07) is 19.2. The van der Waals surface area contributed by atoms with Gasteiger partial charge in [-0.05, 0) is 73.0 Å². The molecule has 3 aromatic rings. The van der Waals surface area contributed by atoms with Crippen molar-refractivity contribution in [2.24, 2.45) is 0 Å². The number of halogens is 1. The number of rotatable bonds is 4. The van der Waals surface area contributed by atoms with Crippen LogP contribution in [0.5, 0.6) is 0 Å². The lowest BCUT2D eigenvalue weighted by Crippen LogP contribution is -2.15. The second kappa shape index (κ2) is 6.70. The highest BCUT2D eigenvalue weighted by molar-refractivity contribution is 7.92. The number of nitrogens with zero attached hydrogens (tertiary/aromatic N) is 1. The van der Waals surface area contributed by atoms with E-state index in [-0.39, 0.29) is 4.90 Å². The molecule has 27 heavy (non-hydrogen) atoms. The van der Waals surface area contributed by atoms with Crippen molar-refractivity contribution >= 4 is 27.1 Å². The van der Waals surface area contributed by atoms with E-state index in [0.29, 0.717) is 11.3 Å². The van der Waals surface area contributed by atoms with Gasteiger partial charge in [-0.25, -0.2) is 12.8 Å². The van der Waals surface area contributed by atoms with Gasteiger partial charge in [0.1, 0.15) is 5.82 Å². The zero-order valence-electron chi connectivity index (χ0n) is 14.8. The molecule has 1 aliphatic heterocycles. The maximum absolute atomic E-state index is 13.2. The maximum atomic E-state index is 13.2. The lowest BCUT2D eigenvalue weighted by molar-refractivity contribution is 0.598. The smallest absolute Gasteiger partial charge is 0.262 e. The van der Waals surface area contributed by atoms with Gasteiger partial charge in [0.2, 0.25) is 0 Å². The van der Waals surface area contributed by atoms with E-state index in [9.17, 15) is 12.8 Å². The summed E-state index contributed by atoms with van der Waals surface area (Å²) in [6.45, 7) is 2.48. The lowest BCUT2D eigenvalue weighted by Gasteiger charge is -2.20. The zero-order chi connectivity index (χ0) is 19.0. The number of nitrogens with one attached hydrogen (secondary N) is 1. The third-order valence-electron chi connectivity index (χ3n) is 4.74. The summed E-state index contributed by atoms with van der Waals surface area (Å²) in [5, 5.41) is 0. The molecule has 4 nitrogen and oxygen atoms in total. The molecule has 0 aromatic heterocycles. The second-order valence-corrected chi connectivity index (χ2v) is 8.24. The number of benzene rings is 3. The summed E-state index contributed by atoms with van der Waals surface area (Å²) in [5.74, 6) is -0.457. The first kappa shape index (κ1) is 17.5. The highest BCUT2D eigenvalue weighted by atomic mass is 32.2. The summed E-state index contributed by atoms with van der Waals surface area (Å²) < 4.78 is 41.0. The van der Waals surface area contributed by atoms with Crippen LogP contribution in [0.3, 0.4) is 0 Å². The Balaban J connectivity index is 1.56. The Morgan fingerprint density at radius 3 is 2.48 bits per heavy atom. The van der Waals surface area contributed by atoms with Crippen LogP contribution in [0, 0.1) is 12.7 Å². The molecular formula is C21H19FN2O2S. The fourth-order valence-corrected chi connectivity index (χ4v) is 4.73. The van der Waals surface area contributed by atoms with Gasteiger partial charge >= 0.3 is 0 Å². The summed E-state index contributed by atoms with van der Waals surface area (Å²) in [7, 11) is -3.77. The normalized spacial score (nSPS) is 13.5. The molecule has 4 rings (SSSR count). The summed E-state index contributed by atoms with van der Waals surface area (Å²) in [4.78, 5) is 2.29. The highest BCUT2D eigenvalue weighted by Crippen LogP contribution is 2.34. The fraction of sp³-hybridized carbons (Fsp3) is 0.143. The highest BCUT2D eigenvalue weighted by Gasteiger charge is 2.20. The first-order valence-electron chi connectivity index (χ1n) is 8.68. The van der Waals surface area contributed by atoms with Crippen molar-refractivity contribution in [3.05, 3.63) is 83.7 Å². The lowest BCUT2D eigenvalue weighted by atomic mass is 10.2. The molecule has 1 heterocycles. The van der Waals surface area contributed by atoms with Gasteiger partial charge in [-0.1, -0.05) is 18.2 Å². The topological polar surface area (TPSA) is 49.4 Å². The van der Waals surface area contributed by atoms with E-state index in [1.54, 1.807) is 19.1 Å². The van der Waals surface area contributed by atoms with Crippen molar-refractivity contribution in [2.45, 2.75) is 18.2 Å². The summed E-state index contributed by atoms with van der Waals surface area (Å²) >= 11 is 0. The van der Waals surface area contributed by atoms with Crippen LogP contribution in [-0.4, -0.2) is 15.0 Å². The molecule has 0 fully saturated rings. The van der Waals surface area contributed by atoms with E-state index < -0.39 is 15.8 Å². The number of fused-ring (bicyclic) bond motifs is 1. The third kappa shape index (κ3) is 3.40. The molecule has 0 saturated carbocycles. The van der Waals surface area contributed by atoms with Crippen LogP contribution in [-0.2, 0) is 16.4 Å². The van der Waals surface area contributed by atoms with Crippen molar-refractivity contribution in [2.75, 3.05) is 16.2 Å². The SMILES string of the molecule is Cc1cc(F)ccc1S(=O)(=O)Nc1ccc(N2CCc3ccccc32)cc1. The molecule has 6 heteroatoms. The van der Waals surface area contributed by atoms with Crippen molar-refractivity contribution < 1.29 is 12.8 Å². The Kier molecular flexibility index (Phi) is 4.36. The molecule has 138 valence electrons. The number of hydrogen-bond donors (Lipinski definition) is 1. The van der Waals surface area contributed by atoms with Gasteiger partial charge in [-0.3, -0.25) is 4.72 Å². The van der Waals surface area contributed by atoms with Crippen LogP contribution in [0.2, 0.25) is 0 Å². The molecule has 0 atom stereocenters. The van der Waals surface area contributed by atoms with E-state index in [1.165, 1.54) is 23.4 Å². The van der Waals surface area contributed by atoms with E-state index in [0.717, 1.165) is 24.7 Å². The quantitative estimate of drug-likeness (QED) is 0.716. The molecule has 1 aliphatic rings. The molecular weight excluding hydrogens is 363 g/mol. The van der Waals surface area contributed by atoms with Crippen LogP contribution in [0.25, 0.3) is 0 Å². The minimum absolute atomic E-state index is 0.0708. The number of sulfonamides is 1. The van der Waals surface area contributed by atoms with Crippen LogP contribution in [0.15, 0.2) is 71.6 Å². The number of anilines is 3. The first-order chi connectivity index (χ1) is 12.9. The van der Waals surface area contributed by atoms with Gasteiger partial charge in [-0.2, -0.15) is 0 Å². The van der Waals surface area contributed by atoms with Gasteiger partial charge in [-0.15, -0.1) is 0 Å². The van der Waals surface area contributed by atoms with Gasteiger partial charge in [0.15, 0.2) is 0 Å². The van der Waals surface area contributed by atoms with E-state index in [1.807, 2.05) is 24.3 Å². The fourth-order valence-electron chi connectivity index (χ4n) is 3.44. The molecule has 3 aromatic carbocycles. The van der Waals surface area contributed by atoms with E-state index >= 15 is 0 Å². The minimum Gasteiger partial charge on any atom is -0.341 e. The maximum Gasteiger partial charge on any atom is 0.262 e. The molecule has 0 spiro atoms. The molecule has 0 unspecified atom stereocenters. The Morgan fingerprint density at radius 2 is 1.74 bits per heavy atom. The van der Waals surface area contributed by atoms with Crippen LogP contribution in [0.4, 0.5) is 21.5 Å². The predicted molar refractivity (Wildman–Crippen MR) is 106 cm³/mol. The monoisotopic (exact) mass is 382 g/mol.